The molecule has 1 aromatic carbocycles. The van der Waals surface area contributed by atoms with E-state index in [4.69, 9.17) is 4.74 Å². The zero-order valence-electron chi connectivity index (χ0n) is 8.32. The highest BCUT2D eigenvalue weighted by atomic mass is 16.5. The predicted molar refractivity (Wildman–Crippen MR) is 56.3 cm³/mol. The quantitative estimate of drug-likeness (QED) is 0.539. The van der Waals surface area contributed by atoms with Crippen LogP contribution in [-0.4, -0.2) is 12.6 Å². The van der Waals surface area contributed by atoms with Gasteiger partial charge < -0.3 is 4.74 Å². The topological polar surface area (TPSA) is 26.3 Å². The van der Waals surface area contributed by atoms with Crippen LogP contribution < -0.4 is 0 Å². The molecule has 0 saturated carbocycles. The molecule has 0 saturated heterocycles. The van der Waals surface area contributed by atoms with Gasteiger partial charge in [-0.1, -0.05) is 31.7 Å². The first-order chi connectivity index (χ1) is 6.77. The maximum Gasteiger partial charge on any atom is 0.338 e. The van der Waals surface area contributed by atoms with E-state index in [0.29, 0.717) is 5.56 Å². The molecule has 0 radical (unpaired) electrons. The molecule has 0 spiro atoms. The largest absolute Gasteiger partial charge is 0.458 e. The molecule has 74 valence electrons. The van der Waals surface area contributed by atoms with Crippen LogP contribution in [0.2, 0.25) is 0 Å². The Bertz CT molecular complexity index is 329. The molecule has 0 aromatic heterocycles. The molecule has 0 amide bonds. The number of aryl methyl sites for hydroxylation is 1. The molecule has 1 aromatic rings. The highest BCUT2D eigenvalue weighted by molar-refractivity contribution is 5.89. The lowest BCUT2D eigenvalue weighted by Crippen LogP contribution is -2.05. The average Bonchev–Trinajstić information content (AvgIpc) is 2.26. The third-order valence-electron chi connectivity index (χ3n) is 1.90. The van der Waals surface area contributed by atoms with E-state index >= 15 is 0 Å². The Morgan fingerprint density at radius 3 is 3.00 bits per heavy atom. The summed E-state index contributed by atoms with van der Waals surface area (Å²) in [5, 5.41) is 0. The van der Waals surface area contributed by atoms with E-state index in [1.165, 1.54) is 0 Å². The third-order valence-corrected chi connectivity index (χ3v) is 1.90. The second-order valence-corrected chi connectivity index (χ2v) is 2.94. The smallest absolute Gasteiger partial charge is 0.338 e. The van der Waals surface area contributed by atoms with Crippen molar-refractivity contribution in [3.8, 4) is 0 Å². The molecule has 0 bridgehead atoms. The van der Waals surface area contributed by atoms with Crippen LogP contribution in [0.15, 0.2) is 36.9 Å². The lowest BCUT2D eigenvalue weighted by molar-refractivity contribution is 0.0549. The van der Waals surface area contributed by atoms with Crippen molar-refractivity contribution in [2.24, 2.45) is 0 Å². The standard InChI is InChI=1S/C12H14O2/c1-3-8-14-12(13)11-7-5-6-10(4-2)9-11/h3,5-7,9H,1,4,8H2,2H3. The summed E-state index contributed by atoms with van der Waals surface area (Å²) < 4.78 is 4.92. The summed E-state index contributed by atoms with van der Waals surface area (Å²) in [4.78, 5) is 11.4. The van der Waals surface area contributed by atoms with Crippen LogP contribution in [0, 0.1) is 0 Å². The highest BCUT2D eigenvalue weighted by Gasteiger charge is 2.05. The lowest BCUT2D eigenvalue weighted by atomic mass is 10.1. The molecule has 0 unspecified atom stereocenters. The Labute approximate surface area is 84.2 Å². The zero-order chi connectivity index (χ0) is 10.4. The van der Waals surface area contributed by atoms with Gasteiger partial charge in [0, 0.05) is 0 Å². The molecule has 0 atom stereocenters. The molecule has 0 fully saturated rings. The Hall–Kier alpha value is -1.57. The first-order valence-corrected chi connectivity index (χ1v) is 4.65. The first kappa shape index (κ1) is 10.5. The summed E-state index contributed by atoms with van der Waals surface area (Å²) >= 11 is 0. The molecule has 14 heavy (non-hydrogen) atoms. The summed E-state index contributed by atoms with van der Waals surface area (Å²) in [6, 6.07) is 7.46. The Morgan fingerprint density at radius 2 is 2.36 bits per heavy atom. The van der Waals surface area contributed by atoms with Crippen molar-refractivity contribution in [1.82, 2.24) is 0 Å². The predicted octanol–water partition coefficient (Wildman–Crippen LogP) is 2.59. The highest BCUT2D eigenvalue weighted by Crippen LogP contribution is 2.07. The minimum Gasteiger partial charge on any atom is -0.458 e. The van der Waals surface area contributed by atoms with Gasteiger partial charge in [0.15, 0.2) is 0 Å². The number of rotatable bonds is 4. The molecule has 1 rings (SSSR count). The van der Waals surface area contributed by atoms with E-state index in [1.54, 1.807) is 12.1 Å². The van der Waals surface area contributed by atoms with Crippen molar-refractivity contribution in [2.45, 2.75) is 13.3 Å². The van der Waals surface area contributed by atoms with Gasteiger partial charge in [0.25, 0.3) is 0 Å². The molecule has 0 aliphatic rings. The minimum absolute atomic E-state index is 0.259. The van der Waals surface area contributed by atoms with Crippen LogP contribution in [-0.2, 0) is 11.2 Å². The van der Waals surface area contributed by atoms with Crippen LogP contribution >= 0.6 is 0 Å². The Kier molecular flexibility index (Phi) is 3.92. The number of ether oxygens (including phenoxy) is 1. The normalized spacial score (nSPS) is 9.50. The number of esters is 1. The van der Waals surface area contributed by atoms with Crippen molar-refractivity contribution in [3.63, 3.8) is 0 Å². The Balaban J connectivity index is 2.73. The molecule has 2 heteroatoms. The molecule has 0 N–H and O–H groups in total. The Morgan fingerprint density at radius 1 is 1.57 bits per heavy atom. The van der Waals surface area contributed by atoms with Crippen molar-refractivity contribution in [3.05, 3.63) is 48.0 Å². The number of hydrogen-bond acceptors (Lipinski definition) is 2. The fraction of sp³-hybridized carbons (Fsp3) is 0.250. The molecular weight excluding hydrogens is 176 g/mol. The van der Waals surface area contributed by atoms with Crippen LogP contribution in [0.3, 0.4) is 0 Å². The first-order valence-electron chi connectivity index (χ1n) is 4.65. The van der Waals surface area contributed by atoms with E-state index in [2.05, 4.69) is 6.58 Å². The summed E-state index contributed by atoms with van der Waals surface area (Å²) in [7, 11) is 0. The maximum absolute atomic E-state index is 11.4. The number of benzene rings is 1. The second kappa shape index (κ2) is 5.22. The molecule has 0 aliphatic carbocycles. The third kappa shape index (κ3) is 2.73. The molecule has 0 heterocycles. The van der Waals surface area contributed by atoms with E-state index in [9.17, 15) is 4.79 Å². The molecule has 2 nitrogen and oxygen atoms in total. The summed E-state index contributed by atoms with van der Waals surface area (Å²) in [6.07, 6.45) is 2.48. The zero-order valence-corrected chi connectivity index (χ0v) is 8.32. The monoisotopic (exact) mass is 190 g/mol. The van der Waals surface area contributed by atoms with Crippen LogP contribution in [0.1, 0.15) is 22.8 Å². The van der Waals surface area contributed by atoms with Gasteiger partial charge in [-0.05, 0) is 24.1 Å². The average molecular weight is 190 g/mol. The summed E-state index contributed by atoms with van der Waals surface area (Å²) in [6.45, 7) is 5.79. The lowest BCUT2D eigenvalue weighted by Gasteiger charge is -2.03. The van der Waals surface area contributed by atoms with Gasteiger partial charge in [-0.2, -0.15) is 0 Å². The van der Waals surface area contributed by atoms with E-state index in [0.717, 1.165) is 12.0 Å². The minimum atomic E-state index is -0.291. The van der Waals surface area contributed by atoms with Crippen molar-refractivity contribution in [1.29, 1.82) is 0 Å². The van der Waals surface area contributed by atoms with Crippen molar-refractivity contribution >= 4 is 5.97 Å². The van der Waals surface area contributed by atoms with Crippen molar-refractivity contribution < 1.29 is 9.53 Å². The van der Waals surface area contributed by atoms with E-state index in [-0.39, 0.29) is 12.6 Å². The number of hydrogen-bond donors (Lipinski definition) is 0. The van der Waals surface area contributed by atoms with Gasteiger partial charge in [-0.3, -0.25) is 0 Å². The van der Waals surface area contributed by atoms with Gasteiger partial charge >= 0.3 is 5.97 Å². The van der Waals surface area contributed by atoms with Gasteiger partial charge in [0.1, 0.15) is 6.61 Å². The van der Waals surface area contributed by atoms with Crippen LogP contribution in [0.25, 0.3) is 0 Å². The molecular formula is C12H14O2. The number of carbonyl (C=O) groups excluding carboxylic acids is 1. The van der Waals surface area contributed by atoms with Gasteiger partial charge in [-0.15, -0.1) is 0 Å². The SMILES string of the molecule is C=CCOC(=O)c1cccc(CC)c1. The molecule has 0 aliphatic heterocycles. The van der Waals surface area contributed by atoms with E-state index < -0.39 is 0 Å². The number of carbonyl (C=O) groups is 1. The van der Waals surface area contributed by atoms with Gasteiger partial charge in [-0.25, -0.2) is 4.79 Å². The van der Waals surface area contributed by atoms with E-state index in [1.807, 2.05) is 25.1 Å². The fourth-order valence-electron chi connectivity index (χ4n) is 1.14. The second-order valence-electron chi connectivity index (χ2n) is 2.94. The summed E-state index contributed by atoms with van der Waals surface area (Å²) in [5.41, 5.74) is 1.74. The van der Waals surface area contributed by atoms with Crippen molar-refractivity contribution in [2.75, 3.05) is 6.61 Å². The maximum atomic E-state index is 11.4. The van der Waals surface area contributed by atoms with Crippen LogP contribution in [0.5, 0.6) is 0 Å². The summed E-state index contributed by atoms with van der Waals surface area (Å²) in [5.74, 6) is -0.291. The fourth-order valence-corrected chi connectivity index (χ4v) is 1.14. The van der Waals surface area contributed by atoms with Crippen LogP contribution in [0.4, 0.5) is 0 Å². The van der Waals surface area contributed by atoms with Gasteiger partial charge in [0.05, 0.1) is 5.56 Å². The van der Waals surface area contributed by atoms with Gasteiger partial charge in [0.2, 0.25) is 0 Å².